The molecule has 28 heavy (non-hydrogen) atoms. The fourth-order valence-electron chi connectivity index (χ4n) is 3.83. The standard InChI is InChI=1S/C19H20N8O/c1-12-6-14(4-5-28-12)27-18(10-22-11-24-26-21)25-17-9-23-16-3-2-13(8-20)7-15(16)19(17)27/h2-3,7,9,11-12,14H,4-6,10H2,1H3,(H2,21,22,24)/t12-,14?/m1/s1. The Balaban J connectivity index is 1.90. The van der Waals surface area contributed by atoms with Crippen molar-refractivity contribution in [2.45, 2.75) is 38.5 Å². The number of aromatic nitrogens is 3. The topological polar surface area (TPSA) is 124 Å². The Morgan fingerprint density at radius 2 is 2.36 bits per heavy atom. The van der Waals surface area contributed by atoms with E-state index in [4.69, 9.17) is 15.3 Å². The van der Waals surface area contributed by atoms with Gasteiger partial charge in [-0.25, -0.2) is 4.98 Å². The van der Waals surface area contributed by atoms with Gasteiger partial charge in [0.05, 0.1) is 41.5 Å². The van der Waals surface area contributed by atoms with E-state index in [0.29, 0.717) is 18.7 Å². The molecule has 142 valence electrons. The molecule has 0 bridgehead atoms. The molecule has 0 radical (unpaired) electrons. The van der Waals surface area contributed by atoms with Gasteiger partial charge in [0.2, 0.25) is 0 Å². The van der Waals surface area contributed by atoms with E-state index in [0.717, 1.165) is 40.6 Å². The molecular weight excluding hydrogens is 356 g/mol. The molecule has 4 rings (SSSR count). The SMILES string of the molecule is C[C@@H]1CC(n2c(CN/C=N\N=N)nc3cnc4ccc(C#N)cc4c32)CCO1. The summed E-state index contributed by atoms with van der Waals surface area (Å²) in [5.41, 5.74) is 9.95. The van der Waals surface area contributed by atoms with Crippen molar-refractivity contribution < 1.29 is 4.74 Å². The van der Waals surface area contributed by atoms with Gasteiger partial charge in [-0.3, -0.25) is 4.98 Å². The molecule has 9 heteroatoms. The molecule has 1 saturated heterocycles. The number of imidazole rings is 1. The van der Waals surface area contributed by atoms with Crippen LogP contribution in [0, 0.1) is 16.9 Å². The first-order valence-corrected chi connectivity index (χ1v) is 9.14. The second kappa shape index (κ2) is 7.70. The van der Waals surface area contributed by atoms with Crippen LogP contribution in [0.15, 0.2) is 34.7 Å². The van der Waals surface area contributed by atoms with Crippen LogP contribution in [0.25, 0.3) is 21.9 Å². The zero-order chi connectivity index (χ0) is 19.5. The fourth-order valence-corrected chi connectivity index (χ4v) is 3.83. The Bertz CT molecular complexity index is 1100. The maximum absolute atomic E-state index is 9.34. The predicted octanol–water partition coefficient (Wildman–Crippen LogP) is 3.26. The molecule has 3 heterocycles. The van der Waals surface area contributed by atoms with E-state index in [-0.39, 0.29) is 12.1 Å². The maximum atomic E-state index is 9.34. The number of nitrogens with zero attached hydrogens (tertiary/aromatic N) is 6. The Morgan fingerprint density at radius 1 is 1.46 bits per heavy atom. The average molecular weight is 376 g/mol. The van der Waals surface area contributed by atoms with Crippen LogP contribution in [0.4, 0.5) is 0 Å². The summed E-state index contributed by atoms with van der Waals surface area (Å²) in [6.45, 7) is 3.22. The smallest absolute Gasteiger partial charge is 0.129 e. The van der Waals surface area contributed by atoms with E-state index >= 15 is 0 Å². The van der Waals surface area contributed by atoms with E-state index in [2.05, 4.69) is 38.2 Å². The number of benzene rings is 1. The number of nitriles is 1. The molecule has 1 aliphatic heterocycles. The van der Waals surface area contributed by atoms with E-state index in [1.54, 1.807) is 12.3 Å². The molecule has 1 aromatic carbocycles. The first kappa shape index (κ1) is 18.0. The molecule has 0 amide bonds. The van der Waals surface area contributed by atoms with Gasteiger partial charge in [-0.2, -0.15) is 10.8 Å². The van der Waals surface area contributed by atoms with Crippen molar-refractivity contribution in [3.05, 3.63) is 35.8 Å². The zero-order valence-corrected chi connectivity index (χ0v) is 15.5. The molecule has 2 aromatic heterocycles. The van der Waals surface area contributed by atoms with E-state index in [9.17, 15) is 5.26 Å². The lowest BCUT2D eigenvalue weighted by Gasteiger charge is -2.30. The van der Waals surface area contributed by atoms with Crippen molar-refractivity contribution in [1.29, 1.82) is 10.8 Å². The van der Waals surface area contributed by atoms with Crippen molar-refractivity contribution >= 4 is 28.3 Å². The van der Waals surface area contributed by atoms with Gasteiger partial charge in [-0.15, -0.1) is 5.10 Å². The zero-order valence-electron chi connectivity index (χ0n) is 15.5. The van der Waals surface area contributed by atoms with Crippen molar-refractivity contribution in [1.82, 2.24) is 19.9 Å². The van der Waals surface area contributed by atoms with Crippen molar-refractivity contribution in [3.63, 3.8) is 0 Å². The summed E-state index contributed by atoms with van der Waals surface area (Å²) in [4.78, 5) is 9.30. The summed E-state index contributed by atoms with van der Waals surface area (Å²) < 4.78 is 7.98. The highest BCUT2D eigenvalue weighted by Gasteiger charge is 2.26. The van der Waals surface area contributed by atoms with E-state index in [1.807, 2.05) is 12.1 Å². The van der Waals surface area contributed by atoms with E-state index in [1.165, 1.54) is 6.34 Å². The van der Waals surface area contributed by atoms with Gasteiger partial charge in [0.1, 0.15) is 17.7 Å². The highest BCUT2D eigenvalue weighted by atomic mass is 16.5. The Hall–Kier alpha value is -3.38. The Morgan fingerprint density at radius 3 is 3.14 bits per heavy atom. The van der Waals surface area contributed by atoms with Gasteiger partial charge in [-0.1, -0.05) is 5.22 Å². The van der Waals surface area contributed by atoms with Gasteiger partial charge < -0.3 is 14.6 Å². The van der Waals surface area contributed by atoms with Crippen LogP contribution in [0.2, 0.25) is 0 Å². The van der Waals surface area contributed by atoms with Crippen LogP contribution in [0.1, 0.15) is 37.2 Å². The summed E-state index contributed by atoms with van der Waals surface area (Å²) in [7, 11) is 0. The molecule has 1 unspecified atom stereocenters. The second-order valence-electron chi connectivity index (χ2n) is 6.82. The number of fused-ring (bicyclic) bond motifs is 3. The lowest BCUT2D eigenvalue weighted by molar-refractivity contribution is 0.00623. The van der Waals surface area contributed by atoms with Gasteiger partial charge in [-0.05, 0) is 38.0 Å². The largest absolute Gasteiger partial charge is 0.378 e. The number of rotatable bonds is 5. The molecule has 2 N–H and O–H groups in total. The van der Waals surface area contributed by atoms with Crippen molar-refractivity contribution in [3.8, 4) is 6.07 Å². The monoisotopic (exact) mass is 376 g/mol. The molecule has 2 atom stereocenters. The molecule has 3 aromatic rings. The third kappa shape index (κ3) is 3.30. The van der Waals surface area contributed by atoms with Crippen molar-refractivity contribution in [2.24, 2.45) is 10.3 Å². The normalized spacial score (nSPS) is 19.9. The number of pyridine rings is 1. The Kier molecular flexibility index (Phi) is 4.95. The van der Waals surface area contributed by atoms with Crippen LogP contribution in [-0.4, -0.2) is 33.6 Å². The van der Waals surface area contributed by atoms with Gasteiger partial charge in [0.25, 0.3) is 0 Å². The summed E-state index contributed by atoms with van der Waals surface area (Å²) in [6, 6.07) is 7.98. The molecule has 9 nitrogen and oxygen atoms in total. The summed E-state index contributed by atoms with van der Waals surface area (Å²) in [5.74, 6) is 0.849. The minimum absolute atomic E-state index is 0.170. The summed E-state index contributed by atoms with van der Waals surface area (Å²) in [6.07, 6.45) is 5.10. The number of nitrogens with one attached hydrogen (secondary N) is 2. The third-order valence-corrected chi connectivity index (χ3v) is 5.01. The lowest BCUT2D eigenvalue weighted by atomic mass is 10.0. The average Bonchev–Trinajstić information content (AvgIpc) is 3.09. The number of hydrogen-bond donors (Lipinski definition) is 2. The highest BCUT2D eigenvalue weighted by molar-refractivity contribution is 6.02. The van der Waals surface area contributed by atoms with Crippen LogP contribution in [-0.2, 0) is 11.3 Å². The number of ether oxygens (including phenoxy) is 1. The second-order valence-corrected chi connectivity index (χ2v) is 6.82. The van der Waals surface area contributed by atoms with Gasteiger partial charge >= 0.3 is 0 Å². The van der Waals surface area contributed by atoms with Gasteiger partial charge in [0.15, 0.2) is 0 Å². The summed E-state index contributed by atoms with van der Waals surface area (Å²) in [5, 5.41) is 19.8. The molecule has 0 aliphatic carbocycles. The minimum Gasteiger partial charge on any atom is -0.378 e. The molecule has 1 aliphatic rings. The number of hydrogen-bond acceptors (Lipinski definition) is 6. The predicted molar refractivity (Wildman–Crippen MR) is 104 cm³/mol. The molecule has 0 spiro atoms. The highest BCUT2D eigenvalue weighted by Crippen LogP contribution is 2.33. The van der Waals surface area contributed by atoms with Crippen LogP contribution in [0.3, 0.4) is 0 Å². The lowest BCUT2D eigenvalue weighted by Crippen LogP contribution is -2.27. The van der Waals surface area contributed by atoms with Crippen molar-refractivity contribution in [2.75, 3.05) is 6.61 Å². The molecule has 0 saturated carbocycles. The third-order valence-electron chi connectivity index (χ3n) is 5.01. The Labute approximate surface area is 161 Å². The quantitative estimate of drug-likeness (QED) is 0.306. The maximum Gasteiger partial charge on any atom is 0.129 e. The first-order valence-electron chi connectivity index (χ1n) is 9.14. The van der Waals surface area contributed by atoms with Gasteiger partial charge in [0, 0.05) is 18.0 Å². The van der Waals surface area contributed by atoms with Crippen LogP contribution >= 0.6 is 0 Å². The van der Waals surface area contributed by atoms with E-state index < -0.39 is 0 Å². The fraction of sp³-hybridized carbons (Fsp3) is 0.368. The van der Waals surface area contributed by atoms with Crippen LogP contribution in [0.5, 0.6) is 0 Å². The first-order chi connectivity index (χ1) is 13.7. The molecule has 1 fully saturated rings. The molecular formula is C19H20N8O. The van der Waals surface area contributed by atoms with Crippen LogP contribution < -0.4 is 5.32 Å². The minimum atomic E-state index is 0.170. The summed E-state index contributed by atoms with van der Waals surface area (Å²) >= 11 is 0.